The summed E-state index contributed by atoms with van der Waals surface area (Å²) in [6.07, 6.45) is 0.830. The van der Waals surface area contributed by atoms with Crippen molar-refractivity contribution >= 4 is 0 Å². The van der Waals surface area contributed by atoms with E-state index in [1.54, 1.807) is 14.2 Å². The summed E-state index contributed by atoms with van der Waals surface area (Å²) < 4.78 is 10.5. The second-order valence-electron chi connectivity index (χ2n) is 4.03. The Morgan fingerprint density at radius 2 is 2.00 bits per heavy atom. The van der Waals surface area contributed by atoms with Gasteiger partial charge in [0.2, 0.25) is 0 Å². The molecule has 0 radical (unpaired) electrons. The molecule has 0 saturated heterocycles. The molecule has 18 heavy (non-hydrogen) atoms. The number of ether oxygens (including phenoxy) is 2. The predicted octanol–water partition coefficient (Wildman–Crippen LogP) is 1.68. The summed E-state index contributed by atoms with van der Waals surface area (Å²) in [5, 5.41) is 12.5. The maximum Gasteiger partial charge on any atom is 0.155 e. The first-order valence-corrected chi connectivity index (χ1v) is 6.01. The molecule has 0 fully saturated rings. The quantitative estimate of drug-likeness (QED) is 0.711. The molecular formula is C14H20N2O2. The SMILES string of the molecule is CNC(C#N)(COCCCOC)c1ccccc1. The number of rotatable bonds is 8. The van der Waals surface area contributed by atoms with E-state index < -0.39 is 5.54 Å². The number of methoxy groups -OCH3 is 1. The Labute approximate surface area is 109 Å². The van der Waals surface area contributed by atoms with Crippen molar-refractivity contribution in [3.05, 3.63) is 35.9 Å². The fraction of sp³-hybridized carbons (Fsp3) is 0.500. The predicted molar refractivity (Wildman–Crippen MR) is 70.1 cm³/mol. The lowest BCUT2D eigenvalue weighted by Crippen LogP contribution is -2.43. The molecule has 0 aromatic heterocycles. The minimum absolute atomic E-state index is 0.327. The van der Waals surface area contributed by atoms with Crippen molar-refractivity contribution in [1.82, 2.24) is 5.32 Å². The summed E-state index contributed by atoms with van der Waals surface area (Å²) in [6.45, 7) is 1.59. The third-order valence-corrected chi connectivity index (χ3v) is 2.84. The molecule has 0 aliphatic carbocycles. The van der Waals surface area contributed by atoms with E-state index in [9.17, 15) is 5.26 Å². The molecule has 0 aliphatic rings. The summed E-state index contributed by atoms with van der Waals surface area (Å²) in [5.41, 5.74) is 0.135. The highest BCUT2D eigenvalue weighted by Crippen LogP contribution is 2.20. The molecular weight excluding hydrogens is 228 g/mol. The van der Waals surface area contributed by atoms with Gasteiger partial charge in [0.25, 0.3) is 0 Å². The zero-order valence-electron chi connectivity index (χ0n) is 11.0. The van der Waals surface area contributed by atoms with E-state index in [1.807, 2.05) is 30.3 Å². The van der Waals surface area contributed by atoms with Crippen LogP contribution in [-0.2, 0) is 15.0 Å². The number of nitriles is 1. The molecule has 1 atom stereocenters. The minimum atomic E-state index is -0.783. The molecule has 4 heteroatoms. The van der Waals surface area contributed by atoms with Crippen LogP contribution in [-0.4, -0.2) is 34.0 Å². The summed E-state index contributed by atoms with van der Waals surface area (Å²) in [5.74, 6) is 0. The van der Waals surface area contributed by atoms with E-state index >= 15 is 0 Å². The second kappa shape index (κ2) is 7.83. The number of likely N-dealkylation sites (N-methyl/N-ethyl adjacent to an activating group) is 1. The van der Waals surface area contributed by atoms with Gasteiger partial charge in [-0.1, -0.05) is 30.3 Å². The van der Waals surface area contributed by atoms with Crippen LogP contribution >= 0.6 is 0 Å². The smallest absolute Gasteiger partial charge is 0.155 e. The fourth-order valence-electron chi connectivity index (χ4n) is 1.71. The fourth-order valence-corrected chi connectivity index (χ4v) is 1.71. The van der Waals surface area contributed by atoms with Crippen molar-refractivity contribution in [3.8, 4) is 6.07 Å². The van der Waals surface area contributed by atoms with E-state index in [-0.39, 0.29) is 0 Å². The molecule has 0 saturated carbocycles. The monoisotopic (exact) mass is 248 g/mol. The summed E-state index contributed by atoms with van der Waals surface area (Å²) >= 11 is 0. The molecule has 0 heterocycles. The zero-order chi connectivity index (χ0) is 13.3. The van der Waals surface area contributed by atoms with Gasteiger partial charge in [-0.2, -0.15) is 5.26 Å². The molecule has 4 nitrogen and oxygen atoms in total. The van der Waals surface area contributed by atoms with Crippen molar-refractivity contribution in [1.29, 1.82) is 5.26 Å². The lowest BCUT2D eigenvalue weighted by Gasteiger charge is -2.26. The summed E-state index contributed by atoms with van der Waals surface area (Å²) in [6, 6.07) is 11.9. The second-order valence-corrected chi connectivity index (χ2v) is 4.03. The molecule has 1 aromatic carbocycles. The molecule has 1 N–H and O–H groups in total. The van der Waals surface area contributed by atoms with Gasteiger partial charge in [0, 0.05) is 20.3 Å². The molecule has 0 aliphatic heterocycles. The van der Waals surface area contributed by atoms with E-state index in [2.05, 4.69) is 11.4 Å². The van der Waals surface area contributed by atoms with E-state index in [0.717, 1.165) is 12.0 Å². The van der Waals surface area contributed by atoms with Crippen molar-refractivity contribution in [2.45, 2.75) is 12.0 Å². The van der Waals surface area contributed by atoms with E-state index in [4.69, 9.17) is 9.47 Å². The van der Waals surface area contributed by atoms with Crippen LogP contribution in [0.1, 0.15) is 12.0 Å². The first-order chi connectivity index (χ1) is 8.79. The zero-order valence-corrected chi connectivity index (χ0v) is 11.0. The van der Waals surface area contributed by atoms with Crippen LogP contribution in [0.15, 0.2) is 30.3 Å². The average molecular weight is 248 g/mol. The molecule has 0 spiro atoms. The van der Waals surface area contributed by atoms with Gasteiger partial charge in [-0.3, -0.25) is 5.32 Å². The van der Waals surface area contributed by atoms with Crippen LogP contribution in [0.25, 0.3) is 0 Å². The molecule has 1 aromatic rings. The Balaban J connectivity index is 2.62. The normalized spacial score (nSPS) is 13.8. The Morgan fingerprint density at radius 1 is 1.28 bits per heavy atom. The third-order valence-electron chi connectivity index (χ3n) is 2.84. The first-order valence-electron chi connectivity index (χ1n) is 6.01. The Kier molecular flexibility index (Phi) is 6.37. The molecule has 1 rings (SSSR count). The van der Waals surface area contributed by atoms with Gasteiger partial charge in [-0.25, -0.2) is 0 Å². The average Bonchev–Trinajstić information content (AvgIpc) is 2.44. The lowest BCUT2D eigenvalue weighted by molar-refractivity contribution is 0.0727. The van der Waals surface area contributed by atoms with Gasteiger partial charge in [0.15, 0.2) is 5.54 Å². The maximum atomic E-state index is 9.42. The number of benzene rings is 1. The van der Waals surface area contributed by atoms with E-state index in [1.165, 1.54) is 0 Å². The van der Waals surface area contributed by atoms with Gasteiger partial charge in [-0.15, -0.1) is 0 Å². The highest BCUT2D eigenvalue weighted by Gasteiger charge is 2.30. The minimum Gasteiger partial charge on any atom is -0.385 e. The van der Waals surface area contributed by atoms with Gasteiger partial charge in [0.1, 0.15) is 0 Å². The van der Waals surface area contributed by atoms with Crippen LogP contribution in [0.2, 0.25) is 0 Å². The van der Waals surface area contributed by atoms with Crippen molar-refractivity contribution < 1.29 is 9.47 Å². The van der Waals surface area contributed by atoms with Crippen LogP contribution in [0.4, 0.5) is 0 Å². The highest BCUT2D eigenvalue weighted by molar-refractivity contribution is 5.31. The van der Waals surface area contributed by atoms with Gasteiger partial charge in [0.05, 0.1) is 12.7 Å². The maximum absolute atomic E-state index is 9.42. The standard InChI is InChI=1S/C14H20N2O2/c1-16-14(11-15,12-18-10-6-9-17-2)13-7-4-3-5-8-13/h3-5,7-8,16H,6,9-10,12H2,1-2H3. The third kappa shape index (κ3) is 3.81. The highest BCUT2D eigenvalue weighted by atomic mass is 16.5. The molecule has 0 amide bonds. The first kappa shape index (κ1) is 14.7. The Hall–Kier alpha value is -1.41. The largest absolute Gasteiger partial charge is 0.385 e. The van der Waals surface area contributed by atoms with Crippen LogP contribution < -0.4 is 5.32 Å². The van der Waals surface area contributed by atoms with Crippen LogP contribution in [0.3, 0.4) is 0 Å². The van der Waals surface area contributed by atoms with Crippen molar-refractivity contribution in [3.63, 3.8) is 0 Å². The molecule has 0 bridgehead atoms. The summed E-state index contributed by atoms with van der Waals surface area (Å²) in [7, 11) is 3.44. The summed E-state index contributed by atoms with van der Waals surface area (Å²) in [4.78, 5) is 0. The van der Waals surface area contributed by atoms with Crippen molar-refractivity contribution in [2.24, 2.45) is 0 Å². The van der Waals surface area contributed by atoms with Crippen LogP contribution in [0, 0.1) is 11.3 Å². The number of hydrogen-bond donors (Lipinski definition) is 1. The Bertz CT molecular complexity index is 375. The topological polar surface area (TPSA) is 54.3 Å². The van der Waals surface area contributed by atoms with Gasteiger partial charge < -0.3 is 9.47 Å². The number of nitrogens with one attached hydrogen (secondary N) is 1. The van der Waals surface area contributed by atoms with Gasteiger partial charge in [-0.05, 0) is 19.0 Å². The lowest BCUT2D eigenvalue weighted by atomic mass is 9.92. The van der Waals surface area contributed by atoms with Crippen LogP contribution in [0.5, 0.6) is 0 Å². The van der Waals surface area contributed by atoms with Gasteiger partial charge >= 0.3 is 0 Å². The number of nitrogens with zero attached hydrogens (tertiary/aromatic N) is 1. The Morgan fingerprint density at radius 3 is 2.56 bits per heavy atom. The van der Waals surface area contributed by atoms with E-state index in [0.29, 0.717) is 19.8 Å². The molecule has 1 unspecified atom stereocenters. The van der Waals surface area contributed by atoms with Crippen molar-refractivity contribution in [2.75, 3.05) is 34.0 Å². The number of hydrogen-bond acceptors (Lipinski definition) is 4. The molecule has 98 valence electrons.